The number of rotatable bonds is 6. The monoisotopic (exact) mass is 405 g/mol. The molecule has 154 valence electrons. The molecule has 0 radical (unpaired) electrons. The van der Waals surface area contributed by atoms with Crippen molar-refractivity contribution in [1.82, 2.24) is 35.2 Å². The Kier molecular flexibility index (Phi) is 5.78. The minimum absolute atomic E-state index is 0.0254. The molecule has 1 aliphatic rings. The summed E-state index contributed by atoms with van der Waals surface area (Å²) in [5.41, 5.74) is 2.38. The van der Waals surface area contributed by atoms with Gasteiger partial charge in [-0.05, 0) is 25.3 Å². The molecule has 9 heteroatoms. The number of aryl methyl sites for hydroxylation is 1. The number of aromatic nitrogens is 5. The summed E-state index contributed by atoms with van der Waals surface area (Å²) in [7, 11) is 0. The third-order valence-corrected chi connectivity index (χ3v) is 5.10. The van der Waals surface area contributed by atoms with E-state index >= 15 is 0 Å². The molecular weight excluding hydrogens is 382 g/mol. The fourth-order valence-electron chi connectivity index (χ4n) is 3.52. The first-order valence-corrected chi connectivity index (χ1v) is 9.92. The van der Waals surface area contributed by atoms with Gasteiger partial charge in [-0.1, -0.05) is 35.5 Å². The SMILES string of the molecule is Cc1cnc(C(=O)N2CCC[C@H]2Cn2cc(C(=O)NCc3ccccc3)nn2)cn1. The van der Waals surface area contributed by atoms with Crippen LogP contribution in [0.5, 0.6) is 0 Å². The second-order valence-electron chi connectivity index (χ2n) is 7.33. The Hall–Kier alpha value is -3.62. The molecule has 0 bridgehead atoms. The van der Waals surface area contributed by atoms with Gasteiger partial charge in [0.1, 0.15) is 5.69 Å². The van der Waals surface area contributed by atoms with Gasteiger partial charge in [-0.3, -0.25) is 14.6 Å². The summed E-state index contributed by atoms with van der Waals surface area (Å²) in [5, 5.41) is 10.9. The van der Waals surface area contributed by atoms with E-state index in [1.807, 2.05) is 37.3 Å². The fourth-order valence-corrected chi connectivity index (χ4v) is 3.52. The van der Waals surface area contributed by atoms with Crippen molar-refractivity contribution in [3.05, 3.63) is 71.6 Å². The molecule has 9 nitrogen and oxygen atoms in total. The molecule has 1 atom stereocenters. The Morgan fingerprint density at radius 1 is 1.13 bits per heavy atom. The van der Waals surface area contributed by atoms with Crippen LogP contribution in [0.1, 0.15) is 45.1 Å². The molecule has 30 heavy (non-hydrogen) atoms. The first-order chi connectivity index (χ1) is 14.6. The van der Waals surface area contributed by atoms with E-state index in [0.717, 1.165) is 24.1 Å². The Morgan fingerprint density at radius 2 is 1.97 bits per heavy atom. The van der Waals surface area contributed by atoms with Crippen molar-refractivity contribution in [3.8, 4) is 0 Å². The van der Waals surface area contributed by atoms with Crippen molar-refractivity contribution in [1.29, 1.82) is 0 Å². The van der Waals surface area contributed by atoms with E-state index in [2.05, 4.69) is 25.6 Å². The van der Waals surface area contributed by atoms with E-state index in [9.17, 15) is 9.59 Å². The van der Waals surface area contributed by atoms with Crippen LogP contribution >= 0.6 is 0 Å². The first-order valence-electron chi connectivity index (χ1n) is 9.92. The van der Waals surface area contributed by atoms with Crippen molar-refractivity contribution in [3.63, 3.8) is 0 Å². The summed E-state index contributed by atoms with van der Waals surface area (Å²) in [6.07, 6.45) is 6.50. The second-order valence-corrected chi connectivity index (χ2v) is 7.33. The molecule has 2 amide bonds. The maximum atomic E-state index is 12.8. The second kappa shape index (κ2) is 8.81. The fraction of sp³-hybridized carbons (Fsp3) is 0.333. The van der Waals surface area contributed by atoms with Gasteiger partial charge in [-0.25, -0.2) is 9.67 Å². The Balaban J connectivity index is 1.37. The lowest BCUT2D eigenvalue weighted by molar-refractivity contribution is 0.0714. The summed E-state index contributed by atoms with van der Waals surface area (Å²) < 4.78 is 1.62. The third-order valence-electron chi connectivity index (χ3n) is 5.10. The van der Waals surface area contributed by atoms with Gasteiger partial charge in [-0.2, -0.15) is 0 Å². The van der Waals surface area contributed by atoms with Crippen LogP contribution in [0.15, 0.2) is 48.9 Å². The number of nitrogens with zero attached hydrogens (tertiary/aromatic N) is 6. The van der Waals surface area contributed by atoms with Crippen molar-refractivity contribution in [2.24, 2.45) is 0 Å². The van der Waals surface area contributed by atoms with E-state index in [1.54, 1.807) is 22.0 Å². The van der Waals surface area contributed by atoms with Gasteiger partial charge < -0.3 is 10.2 Å². The number of carbonyl (C=O) groups is 2. The Bertz CT molecular complexity index is 1020. The molecule has 4 rings (SSSR count). The van der Waals surface area contributed by atoms with Crippen LogP contribution in [-0.4, -0.2) is 54.3 Å². The molecule has 3 heterocycles. The zero-order chi connectivity index (χ0) is 20.9. The van der Waals surface area contributed by atoms with Crippen molar-refractivity contribution < 1.29 is 9.59 Å². The van der Waals surface area contributed by atoms with Gasteiger partial charge in [0.15, 0.2) is 5.69 Å². The molecule has 1 aliphatic heterocycles. The van der Waals surface area contributed by atoms with Crippen LogP contribution in [0.25, 0.3) is 0 Å². The maximum Gasteiger partial charge on any atom is 0.274 e. The van der Waals surface area contributed by atoms with E-state index in [1.165, 1.54) is 6.20 Å². The molecule has 0 aliphatic carbocycles. The Morgan fingerprint density at radius 3 is 2.73 bits per heavy atom. The molecule has 1 aromatic carbocycles. The topological polar surface area (TPSA) is 106 Å². The number of nitrogens with one attached hydrogen (secondary N) is 1. The highest BCUT2D eigenvalue weighted by Crippen LogP contribution is 2.20. The maximum absolute atomic E-state index is 12.8. The average molecular weight is 405 g/mol. The van der Waals surface area contributed by atoms with Gasteiger partial charge in [0, 0.05) is 19.3 Å². The highest BCUT2D eigenvalue weighted by molar-refractivity contribution is 5.92. The summed E-state index contributed by atoms with van der Waals surface area (Å²) in [4.78, 5) is 35.3. The van der Waals surface area contributed by atoms with E-state index in [-0.39, 0.29) is 23.6 Å². The minimum Gasteiger partial charge on any atom is -0.347 e. The van der Waals surface area contributed by atoms with Gasteiger partial charge in [0.2, 0.25) is 0 Å². The van der Waals surface area contributed by atoms with Crippen LogP contribution in [0.4, 0.5) is 0 Å². The van der Waals surface area contributed by atoms with Crippen molar-refractivity contribution >= 4 is 11.8 Å². The van der Waals surface area contributed by atoms with E-state index in [0.29, 0.717) is 25.3 Å². The molecular formula is C21H23N7O2. The van der Waals surface area contributed by atoms with Crippen LogP contribution in [0.2, 0.25) is 0 Å². The van der Waals surface area contributed by atoms with Crippen molar-refractivity contribution in [2.75, 3.05) is 6.54 Å². The van der Waals surface area contributed by atoms with Gasteiger partial charge in [0.25, 0.3) is 11.8 Å². The summed E-state index contributed by atoms with van der Waals surface area (Å²) in [5.74, 6) is -0.412. The van der Waals surface area contributed by atoms with Gasteiger partial charge in [-0.15, -0.1) is 5.10 Å². The summed E-state index contributed by atoms with van der Waals surface area (Å²) in [6, 6.07) is 9.65. The molecule has 0 saturated carbocycles. The van der Waals surface area contributed by atoms with E-state index < -0.39 is 0 Å². The molecule has 1 fully saturated rings. The lowest BCUT2D eigenvalue weighted by atomic mass is 10.2. The Labute approximate surface area is 174 Å². The van der Waals surface area contributed by atoms with Gasteiger partial charge in [0.05, 0.1) is 30.7 Å². The standard InChI is InChI=1S/C21H23N7O2/c1-15-10-23-18(12-22-15)21(30)28-9-5-8-17(28)13-27-14-19(25-26-27)20(29)24-11-16-6-3-2-4-7-16/h2-4,6-7,10,12,14,17H,5,8-9,11,13H2,1H3,(H,24,29)/t17-/m0/s1. The first kappa shape index (κ1) is 19.7. The van der Waals surface area contributed by atoms with Crippen LogP contribution in [-0.2, 0) is 13.1 Å². The third kappa shape index (κ3) is 4.51. The predicted molar refractivity (Wildman–Crippen MR) is 108 cm³/mol. The number of amides is 2. The zero-order valence-electron chi connectivity index (χ0n) is 16.7. The molecule has 1 saturated heterocycles. The van der Waals surface area contributed by atoms with Gasteiger partial charge >= 0.3 is 0 Å². The number of benzene rings is 1. The zero-order valence-corrected chi connectivity index (χ0v) is 16.7. The molecule has 0 spiro atoms. The molecule has 1 N–H and O–H groups in total. The minimum atomic E-state index is -0.278. The van der Waals surface area contributed by atoms with Crippen LogP contribution in [0.3, 0.4) is 0 Å². The number of likely N-dealkylation sites (tertiary alicyclic amines) is 1. The summed E-state index contributed by atoms with van der Waals surface area (Å²) >= 11 is 0. The number of carbonyl (C=O) groups excluding carboxylic acids is 2. The lowest BCUT2D eigenvalue weighted by Crippen LogP contribution is -2.38. The van der Waals surface area contributed by atoms with Crippen LogP contribution in [0, 0.1) is 6.92 Å². The largest absolute Gasteiger partial charge is 0.347 e. The molecule has 3 aromatic rings. The molecule has 0 unspecified atom stereocenters. The van der Waals surface area contributed by atoms with Crippen molar-refractivity contribution in [2.45, 2.75) is 38.9 Å². The molecule has 2 aromatic heterocycles. The average Bonchev–Trinajstić information content (AvgIpc) is 3.43. The predicted octanol–water partition coefficient (Wildman–Crippen LogP) is 1.61. The highest BCUT2D eigenvalue weighted by atomic mass is 16.2. The lowest BCUT2D eigenvalue weighted by Gasteiger charge is -2.24. The smallest absolute Gasteiger partial charge is 0.274 e. The highest BCUT2D eigenvalue weighted by Gasteiger charge is 2.31. The number of hydrogen-bond acceptors (Lipinski definition) is 6. The summed E-state index contributed by atoms with van der Waals surface area (Å²) in [6.45, 7) is 3.40. The quantitative estimate of drug-likeness (QED) is 0.668. The normalized spacial score (nSPS) is 15.9. The van der Waals surface area contributed by atoms with E-state index in [4.69, 9.17) is 0 Å². The van der Waals surface area contributed by atoms with Crippen LogP contribution < -0.4 is 5.32 Å². The number of hydrogen-bond donors (Lipinski definition) is 1.